The number of phenolic OH excluding ortho intramolecular Hbond substituents is 2. The molecular weight excluding hydrogens is 446 g/mol. The molecule has 0 amide bonds. The van der Waals surface area contributed by atoms with Crippen LogP contribution in [-0.4, -0.2) is 49.0 Å². The number of aromatic hydroxyl groups is 2. The van der Waals surface area contributed by atoms with Gasteiger partial charge in [0.1, 0.15) is 17.4 Å². The van der Waals surface area contributed by atoms with E-state index in [-0.39, 0.29) is 17.4 Å². The molecule has 2 aliphatic heterocycles. The Balaban J connectivity index is 1.88. The van der Waals surface area contributed by atoms with Crippen molar-refractivity contribution >= 4 is 6.08 Å². The Morgan fingerprint density at radius 3 is 2.46 bits per heavy atom. The summed E-state index contributed by atoms with van der Waals surface area (Å²) in [5, 5.41) is 30.1. The summed E-state index contributed by atoms with van der Waals surface area (Å²) in [6.45, 7) is 4.22. The first-order chi connectivity index (χ1) is 16.9. The molecule has 0 spiro atoms. The zero-order chi connectivity index (χ0) is 25.1. The number of ether oxygens (including phenoxy) is 3. The minimum Gasteiger partial charge on any atom is -0.504 e. The number of nitriles is 1. The summed E-state index contributed by atoms with van der Waals surface area (Å²) in [7, 11) is 2.99. The van der Waals surface area contributed by atoms with Crippen LogP contribution in [0.5, 0.6) is 23.0 Å². The van der Waals surface area contributed by atoms with Gasteiger partial charge in [-0.15, -0.1) is 0 Å². The van der Waals surface area contributed by atoms with Crippen LogP contribution in [0, 0.1) is 11.3 Å². The number of nitrogens with zero attached hydrogens (tertiary/aromatic N) is 2. The second kappa shape index (κ2) is 10.0. The summed E-state index contributed by atoms with van der Waals surface area (Å²) in [6, 6.07) is 12.4. The average molecular weight is 476 g/mol. The topological polar surface area (TPSA) is 121 Å². The van der Waals surface area contributed by atoms with Gasteiger partial charge in [-0.1, -0.05) is 19.1 Å². The van der Waals surface area contributed by atoms with E-state index in [9.17, 15) is 15.5 Å². The molecule has 1 atom stereocenters. The molecule has 2 aliphatic rings. The van der Waals surface area contributed by atoms with Crippen LogP contribution in [0.3, 0.4) is 0 Å². The summed E-state index contributed by atoms with van der Waals surface area (Å²) in [4.78, 5) is 2.30. The zero-order valence-electron chi connectivity index (χ0n) is 20.0. The minimum atomic E-state index is -0.448. The van der Waals surface area contributed by atoms with Crippen LogP contribution in [0.2, 0.25) is 0 Å². The van der Waals surface area contributed by atoms with Gasteiger partial charge in [-0.05, 0) is 60.0 Å². The molecule has 2 heterocycles. The number of benzene rings is 2. The highest BCUT2D eigenvalue weighted by Crippen LogP contribution is 2.45. The van der Waals surface area contributed by atoms with Crippen LogP contribution in [0.1, 0.15) is 30.4 Å². The van der Waals surface area contributed by atoms with Crippen LogP contribution < -0.4 is 15.2 Å². The van der Waals surface area contributed by atoms with Gasteiger partial charge in [0, 0.05) is 18.7 Å². The van der Waals surface area contributed by atoms with Crippen molar-refractivity contribution in [2.75, 3.05) is 33.9 Å². The summed E-state index contributed by atoms with van der Waals surface area (Å²) >= 11 is 0. The van der Waals surface area contributed by atoms with Crippen molar-refractivity contribution in [1.82, 2.24) is 4.90 Å². The molecule has 2 aromatic rings. The first-order valence-electron chi connectivity index (χ1n) is 11.4. The number of hydrogen-bond acceptors (Lipinski definition) is 8. The molecule has 35 heavy (non-hydrogen) atoms. The first-order valence-corrected chi connectivity index (χ1v) is 11.4. The predicted octanol–water partition coefficient (Wildman–Crippen LogP) is 3.99. The molecule has 8 nitrogen and oxygen atoms in total. The smallest absolute Gasteiger partial charge is 0.205 e. The van der Waals surface area contributed by atoms with Crippen LogP contribution in [0.15, 0.2) is 64.8 Å². The molecule has 0 saturated carbocycles. The third-order valence-corrected chi connectivity index (χ3v) is 6.23. The van der Waals surface area contributed by atoms with Crippen molar-refractivity contribution < 1.29 is 24.4 Å². The molecule has 4 rings (SSSR count). The minimum absolute atomic E-state index is 0.0195. The Bertz CT molecular complexity index is 1270. The highest BCUT2D eigenvalue weighted by Gasteiger charge is 2.38. The Morgan fingerprint density at radius 2 is 1.80 bits per heavy atom. The van der Waals surface area contributed by atoms with Gasteiger partial charge >= 0.3 is 0 Å². The lowest BCUT2D eigenvalue weighted by molar-refractivity contribution is 0.234. The predicted molar refractivity (Wildman–Crippen MR) is 132 cm³/mol. The van der Waals surface area contributed by atoms with E-state index in [1.165, 1.54) is 14.2 Å². The highest BCUT2D eigenvalue weighted by atomic mass is 16.5. The third kappa shape index (κ3) is 4.63. The fourth-order valence-electron chi connectivity index (χ4n) is 4.65. The van der Waals surface area contributed by atoms with Gasteiger partial charge in [0.2, 0.25) is 5.88 Å². The van der Waals surface area contributed by atoms with Crippen LogP contribution >= 0.6 is 0 Å². The Kier molecular flexibility index (Phi) is 6.90. The quantitative estimate of drug-likeness (QED) is 0.574. The maximum atomic E-state index is 10.1. The van der Waals surface area contributed by atoms with Crippen molar-refractivity contribution in [3.05, 3.63) is 75.9 Å². The number of methoxy groups -OCH3 is 2. The molecule has 0 aliphatic carbocycles. The SMILES string of the molecule is CCCN1CC2=C(OC(N)=C(C#N)C2c2ccc(O)c(OC)c2)/C(=C/c2ccc(O)c(OC)c2)C1. The van der Waals surface area contributed by atoms with Crippen LogP contribution in [-0.2, 0) is 4.74 Å². The number of allylic oxidation sites excluding steroid dienone is 1. The fraction of sp³-hybridized carbons (Fsp3) is 0.296. The molecule has 8 heteroatoms. The van der Waals surface area contributed by atoms with Gasteiger partial charge in [0.25, 0.3) is 0 Å². The lowest BCUT2D eigenvalue weighted by Gasteiger charge is -2.38. The normalized spacial score (nSPS) is 19.3. The van der Waals surface area contributed by atoms with Gasteiger partial charge in [0.05, 0.1) is 20.1 Å². The lowest BCUT2D eigenvalue weighted by atomic mass is 9.80. The summed E-state index contributed by atoms with van der Waals surface area (Å²) < 4.78 is 16.7. The van der Waals surface area contributed by atoms with Crippen molar-refractivity contribution in [3.8, 4) is 29.1 Å². The lowest BCUT2D eigenvalue weighted by Crippen LogP contribution is -2.38. The van der Waals surface area contributed by atoms with E-state index in [0.29, 0.717) is 35.9 Å². The maximum Gasteiger partial charge on any atom is 0.205 e. The van der Waals surface area contributed by atoms with E-state index in [0.717, 1.165) is 35.2 Å². The molecule has 4 N–H and O–H groups in total. The van der Waals surface area contributed by atoms with Crippen molar-refractivity contribution in [1.29, 1.82) is 5.26 Å². The van der Waals surface area contributed by atoms with Gasteiger partial charge in [-0.3, -0.25) is 4.90 Å². The second-order valence-electron chi connectivity index (χ2n) is 8.52. The molecule has 0 radical (unpaired) electrons. The number of nitrogens with two attached hydrogens (primary N) is 1. The Morgan fingerprint density at radius 1 is 1.11 bits per heavy atom. The first kappa shape index (κ1) is 24.0. The van der Waals surface area contributed by atoms with Crippen molar-refractivity contribution in [3.63, 3.8) is 0 Å². The van der Waals surface area contributed by atoms with Gasteiger partial charge < -0.3 is 30.2 Å². The highest BCUT2D eigenvalue weighted by molar-refractivity contribution is 5.65. The van der Waals surface area contributed by atoms with Crippen LogP contribution in [0.25, 0.3) is 6.08 Å². The van der Waals surface area contributed by atoms with E-state index in [4.69, 9.17) is 19.9 Å². The summed E-state index contributed by atoms with van der Waals surface area (Å²) in [6.07, 6.45) is 2.95. The largest absolute Gasteiger partial charge is 0.504 e. The molecule has 182 valence electrons. The Labute approximate surface area is 204 Å². The van der Waals surface area contributed by atoms with E-state index in [1.807, 2.05) is 6.08 Å². The number of phenols is 2. The molecule has 2 aromatic carbocycles. The summed E-state index contributed by atoms with van der Waals surface area (Å²) in [5.74, 6) is 1.02. The molecule has 1 unspecified atom stereocenters. The average Bonchev–Trinajstić information content (AvgIpc) is 2.85. The number of rotatable bonds is 6. The standard InChI is InChI=1S/C27H29N3O5/c1-4-9-30-14-18(10-16-5-7-21(31)23(11-16)33-2)26-20(15-30)25(19(13-28)27(29)35-26)17-6-8-22(32)24(12-17)34-3/h5-8,10-12,25,31-32H,4,9,14-15,29H2,1-3H3/b18-10+. The Hall–Kier alpha value is -4.09. The van der Waals surface area contributed by atoms with Crippen molar-refractivity contribution in [2.45, 2.75) is 19.3 Å². The monoisotopic (exact) mass is 475 g/mol. The van der Waals surface area contributed by atoms with Gasteiger partial charge in [0.15, 0.2) is 23.0 Å². The number of hydrogen-bond donors (Lipinski definition) is 3. The summed E-state index contributed by atoms with van der Waals surface area (Å²) in [5.41, 5.74) is 10.0. The molecule has 0 aromatic heterocycles. The van der Waals surface area contributed by atoms with E-state index in [1.54, 1.807) is 36.4 Å². The second-order valence-corrected chi connectivity index (χ2v) is 8.52. The molecule has 0 fully saturated rings. The maximum absolute atomic E-state index is 10.1. The molecular formula is C27H29N3O5. The van der Waals surface area contributed by atoms with Gasteiger partial charge in [-0.2, -0.15) is 5.26 Å². The fourth-order valence-corrected chi connectivity index (χ4v) is 4.65. The van der Waals surface area contributed by atoms with E-state index < -0.39 is 5.92 Å². The third-order valence-electron chi connectivity index (χ3n) is 6.23. The molecule has 0 bridgehead atoms. The van der Waals surface area contributed by atoms with Crippen molar-refractivity contribution in [2.24, 2.45) is 5.73 Å². The van der Waals surface area contributed by atoms with E-state index >= 15 is 0 Å². The van der Waals surface area contributed by atoms with Crippen LogP contribution in [0.4, 0.5) is 0 Å². The zero-order valence-corrected chi connectivity index (χ0v) is 20.0. The molecule has 0 saturated heterocycles. The van der Waals surface area contributed by atoms with Gasteiger partial charge in [-0.25, -0.2) is 0 Å². The van der Waals surface area contributed by atoms with E-state index in [2.05, 4.69) is 17.9 Å².